The number of hydrogen-bond acceptors (Lipinski definition) is 0. The fraction of sp³-hybridized carbons (Fsp3) is 0.647. The lowest BCUT2D eigenvalue weighted by atomic mass is 9.72. The molecule has 0 nitrogen and oxygen atoms in total. The first kappa shape index (κ1) is 14.1. The van der Waals surface area contributed by atoms with Crippen LogP contribution in [0.15, 0.2) is 24.3 Å². The van der Waals surface area contributed by atoms with Crippen molar-refractivity contribution in [1.29, 1.82) is 0 Å². The first-order chi connectivity index (χ1) is 8.48. The van der Waals surface area contributed by atoms with Crippen LogP contribution >= 0.6 is 15.9 Å². The Bertz CT molecular complexity index is 392. The number of halogens is 1. The van der Waals surface area contributed by atoms with E-state index in [1.807, 2.05) is 0 Å². The Kier molecular flexibility index (Phi) is 4.53. The zero-order valence-corrected chi connectivity index (χ0v) is 13.5. The minimum atomic E-state index is 0.429. The summed E-state index contributed by atoms with van der Waals surface area (Å²) >= 11 is 3.71. The van der Waals surface area contributed by atoms with Crippen molar-refractivity contribution in [2.45, 2.75) is 63.6 Å². The van der Waals surface area contributed by atoms with Gasteiger partial charge < -0.3 is 0 Å². The maximum absolute atomic E-state index is 3.71. The van der Waals surface area contributed by atoms with Gasteiger partial charge in [-0.2, -0.15) is 0 Å². The Morgan fingerprint density at radius 1 is 1.33 bits per heavy atom. The molecule has 0 aliphatic heterocycles. The SMILES string of the molecule is CC(Br)CC(C)(C)CC1CCCc2ccccc21. The molecule has 2 unspecified atom stereocenters. The van der Waals surface area contributed by atoms with Crippen molar-refractivity contribution in [3.63, 3.8) is 0 Å². The molecule has 0 fully saturated rings. The quantitative estimate of drug-likeness (QED) is 0.626. The van der Waals surface area contributed by atoms with Crippen LogP contribution in [-0.4, -0.2) is 4.83 Å². The van der Waals surface area contributed by atoms with Gasteiger partial charge in [0.1, 0.15) is 0 Å². The summed E-state index contributed by atoms with van der Waals surface area (Å²) in [7, 11) is 0. The van der Waals surface area contributed by atoms with Gasteiger partial charge in [-0.15, -0.1) is 0 Å². The minimum absolute atomic E-state index is 0.429. The first-order valence-corrected chi connectivity index (χ1v) is 8.11. The van der Waals surface area contributed by atoms with E-state index in [0.29, 0.717) is 10.2 Å². The van der Waals surface area contributed by atoms with E-state index in [-0.39, 0.29) is 0 Å². The van der Waals surface area contributed by atoms with Gasteiger partial charge >= 0.3 is 0 Å². The largest absolute Gasteiger partial charge is 0.0893 e. The van der Waals surface area contributed by atoms with Crippen LogP contribution in [0.3, 0.4) is 0 Å². The van der Waals surface area contributed by atoms with Crippen molar-refractivity contribution in [3.05, 3.63) is 35.4 Å². The molecule has 2 rings (SSSR count). The molecule has 0 saturated heterocycles. The maximum Gasteiger partial charge on any atom is 0.0122 e. The number of fused-ring (bicyclic) bond motifs is 1. The molecule has 1 aliphatic rings. The molecule has 0 radical (unpaired) electrons. The highest BCUT2D eigenvalue weighted by Crippen LogP contribution is 2.42. The van der Waals surface area contributed by atoms with Gasteiger partial charge in [-0.3, -0.25) is 0 Å². The van der Waals surface area contributed by atoms with E-state index in [1.165, 1.54) is 32.1 Å². The molecule has 2 atom stereocenters. The monoisotopic (exact) mass is 308 g/mol. The number of hydrogen-bond donors (Lipinski definition) is 0. The van der Waals surface area contributed by atoms with Crippen molar-refractivity contribution in [2.24, 2.45) is 5.41 Å². The summed E-state index contributed by atoms with van der Waals surface area (Å²) in [6.45, 7) is 7.10. The zero-order chi connectivity index (χ0) is 13.2. The Labute approximate surface area is 120 Å². The highest BCUT2D eigenvalue weighted by atomic mass is 79.9. The lowest BCUT2D eigenvalue weighted by Crippen LogP contribution is -2.21. The number of alkyl halides is 1. The van der Waals surface area contributed by atoms with E-state index >= 15 is 0 Å². The second kappa shape index (κ2) is 5.77. The van der Waals surface area contributed by atoms with Gasteiger partial charge in [-0.25, -0.2) is 0 Å². The predicted molar refractivity (Wildman–Crippen MR) is 83.5 cm³/mol. The molecule has 0 N–H and O–H groups in total. The smallest absolute Gasteiger partial charge is 0.0122 e. The maximum atomic E-state index is 3.71. The fourth-order valence-electron chi connectivity index (χ4n) is 3.58. The molecular weight excluding hydrogens is 284 g/mol. The average Bonchev–Trinajstić information content (AvgIpc) is 2.27. The Balaban J connectivity index is 2.11. The van der Waals surface area contributed by atoms with Gasteiger partial charge in [0.15, 0.2) is 0 Å². The van der Waals surface area contributed by atoms with E-state index in [4.69, 9.17) is 0 Å². The second-order valence-electron chi connectivity index (χ2n) is 6.64. The fourth-order valence-corrected chi connectivity index (χ4v) is 4.45. The molecule has 1 heteroatoms. The molecule has 0 spiro atoms. The normalized spacial score (nSPS) is 21.4. The van der Waals surface area contributed by atoms with E-state index in [0.717, 1.165) is 5.92 Å². The first-order valence-electron chi connectivity index (χ1n) is 7.20. The van der Waals surface area contributed by atoms with Gasteiger partial charge in [0.05, 0.1) is 0 Å². The van der Waals surface area contributed by atoms with Crippen molar-refractivity contribution < 1.29 is 0 Å². The van der Waals surface area contributed by atoms with Crippen LogP contribution in [0.4, 0.5) is 0 Å². The summed E-state index contributed by atoms with van der Waals surface area (Å²) in [6.07, 6.45) is 6.59. The molecule has 1 aliphatic carbocycles. The van der Waals surface area contributed by atoms with Crippen LogP contribution in [-0.2, 0) is 6.42 Å². The third-order valence-electron chi connectivity index (χ3n) is 4.13. The highest BCUT2D eigenvalue weighted by molar-refractivity contribution is 9.09. The van der Waals surface area contributed by atoms with Crippen LogP contribution in [0.2, 0.25) is 0 Å². The molecule has 0 saturated carbocycles. The molecule has 18 heavy (non-hydrogen) atoms. The van der Waals surface area contributed by atoms with Crippen LogP contribution in [0, 0.1) is 5.41 Å². The molecule has 0 bridgehead atoms. The zero-order valence-electron chi connectivity index (χ0n) is 11.9. The molecular formula is C17H25Br. The summed E-state index contributed by atoms with van der Waals surface area (Å²) in [5, 5.41) is 0. The van der Waals surface area contributed by atoms with Crippen LogP contribution < -0.4 is 0 Å². The molecule has 0 aromatic heterocycles. The van der Waals surface area contributed by atoms with Gasteiger partial charge in [0, 0.05) is 4.83 Å². The van der Waals surface area contributed by atoms with E-state index in [9.17, 15) is 0 Å². The second-order valence-corrected chi connectivity index (χ2v) is 8.20. The third-order valence-corrected chi connectivity index (χ3v) is 4.45. The van der Waals surface area contributed by atoms with Crippen molar-refractivity contribution in [2.75, 3.05) is 0 Å². The van der Waals surface area contributed by atoms with Crippen molar-refractivity contribution >= 4 is 15.9 Å². The van der Waals surface area contributed by atoms with Crippen molar-refractivity contribution in [1.82, 2.24) is 0 Å². The Hall–Kier alpha value is -0.300. The van der Waals surface area contributed by atoms with Crippen LogP contribution in [0.5, 0.6) is 0 Å². The lowest BCUT2D eigenvalue weighted by Gasteiger charge is -2.34. The van der Waals surface area contributed by atoms with Crippen molar-refractivity contribution in [3.8, 4) is 0 Å². The topological polar surface area (TPSA) is 0 Å². The number of benzene rings is 1. The van der Waals surface area contributed by atoms with Crippen LogP contribution in [0.1, 0.15) is 63.5 Å². The van der Waals surface area contributed by atoms with E-state index < -0.39 is 0 Å². The molecule has 0 heterocycles. The van der Waals surface area contributed by atoms with Gasteiger partial charge in [0.25, 0.3) is 0 Å². The molecule has 1 aromatic rings. The third kappa shape index (κ3) is 3.60. The predicted octanol–water partition coefficient (Wildman–Crippen LogP) is 5.70. The molecule has 1 aromatic carbocycles. The minimum Gasteiger partial charge on any atom is -0.0893 e. The van der Waals surface area contributed by atoms with Gasteiger partial charge in [0.2, 0.25) is 0 Å². The van der Waals surface area contributed by atoms with Crippen LogP contribution in [0.25, 0.3) is 0 Å². The summed E-state index contributed by atoms with van der Waals surface area (Å²) in [5.74, 6) is 0.774. The summed E-state index contributed by atoms with van der Waals surface area (Å²) in [4.78, 5) is 0.617. The van der Waals surface area contributed by atoms with Gasteiger partial charge in [-0.05, 0) is 54.6 Å². The Morgan fingerprint density at radius 2 is 2.06 bits per heavy atom. The summed E-state index contributed by atoms with van der Waals surface area (Å²) in [5.41, 5.74) is 3.65. The lowest BCUT2D eigenvalue weighted by molar-refractivity contribution is 0.271. The number of aryl methyl sites for hydroxylation is 1. The summed E-state index contributed by atoms with van der Waals surface area (Å²) < 4.78 is 0. The Morgan fingerprint density at radius 3 is 2.78 bits per heavy atom. The number of rotatable bonds is 4. The van der Waals surface area contributed by atoms with Gasteiger partial charge in [-0.1, -0.05) is 61.0 Å². The van der Waals surface area contributed by atoms with E-state index in [2.05, 4.69) is 61.0 Å². The molecule has 100 valence electrons. The standard InChI is InChI=1S/C17H25Br/c1-13(18)11-17(2,3)12-15-9-6-8-14-7-4-5-10-16(14)15/h4-5,7,10,13,15H,6,8-9,11-12H2,1-3H3. The highest BCUT2D eigenvalue weighted by Gasteiger charge is 2.28. The molecule has 0 amide bonds. The summed E-state index contributed by atoms with van der Waals surface area (Å²) in [6, 6.07) is 9.07. The average molecular weight is 309 g/mol. The van der Waals surface area contributed by atoms with E-state index in [1.54, 1.807) is 11.1 Å².